The molecule has 0 aliphatic rings. The number of unbranched alkanes of at least 4 members (excludes halogenated alkanes) is 2. The molecule has 0 aliphatic heterocycles. The topological polar surface area (TPSA) is 105 Å². The molecular formula is C32H38N2O6. The lowest BCUT2D eigenvalue weighted by molar-refractivity contribution is -0.163. The molecule has 0 radical (unpaired) electrons. The summed E-state index contributed by atoms with van der Waals surface area (Å²) in [7, 11) is 0. The number of carbonyl (C=O) groups excluding carboxylic acids is 3. The third-order valence-electron chi connectivity index (χ3n) is 6.53. The molecule has 8 heteroatoms. The van der Waals surface area contributed by atoms with E-state index in [4.69, 9.17) is 9.57 Å². The monoisotopic (exact) mass is 546 g/mol. The van der Waals surface area contributed by atoms with Crippen LogP contribution in [0.25, 0.3) is 0 Å². The smallest absolute Gasteiger partial charge is 0.410 e. The van der Waals surface area contributed by atoms with Crippen LogP contribution in [-0.4, -0.2) is 40.6 Å². The minimum atomic E-state index is -0.956. The second kappa shape index (κ2) is 15.9. The predicted octanol–water partition coefficient (Wildman–Crippen LogP) is 5.59. The first kappa shape index (κ1) is 30.2. The molecule has 0 spiro atoms. The predicted molar refractivity (Wildman–Crippen MR) is 152 cm³/mol. The van der Waals surface area contributed by atoms with Crippen molar-refractivity contribution in [3.05, 3.63) is 102 Å². The number of amides is 2. The second-order valence-electron chi connectivity index (χ2n) is 9.81. The number of hydrogen-bond acceptors (Lipinski definition) is 6. The normalized spacial score (nSPS) is 12.2. The van der Waals surface area contributed by atoms with E-state index in [0.717, 1.165) is 29.5 Å². The van der Waals surface area contributed by atoms with Crippen LogP contribution in [0.4, 0.5) is 4.79 Å². The Bertz CT molecular complexity index is 1200. The molecule has 3 rings (SSSR count). The van der Waals surface area contributed by atoms with Gasteiger partial charge < -0.3 is 14.7 Å². The highest BCUT2D eigenvalue weighted by Crippen LogP contribution is 2.16. The number of nitrogens with one attached hydrogen (secondary N) is 1. The summed E-state index contributed by atoms with van der Waals surface area (Å²) in [6.07, 6.45) is 2.50. The van der Waals surface area contributed by atoms with Crippen LogP contribution in [0.2, 0.25) is 0 Å². The van der Waals surface area contributed by atoms with Crippen LogP contribution in [0.3, 0.4) is 0 Å². The molecule has 0 heterocycles. The van der Waals surface area contributed by atoms with Gasteiger partial charge >= 0.3 is 12.1 Å². The van der Waals surface area contributed by atoms with Gasteiger partial charge in [0.05, 0.1) is 5.92 Å². The van der Waals surface area contributed by atoms with E-state index in [2.05, 4.69) is 12.4 Å². The van der Waals surface area contributed by atoms with Crippen LogP contribution < -0.4 is 5.48 Å². The minimum Gasteiger partial charge on any atom is -0.508 e. The standard InChI is InChI=1S/C32H38N2O6/c1-3-4-11-20-34(32(38)39-23-27-14-9-6-10-15-27)29(22-25-12-7-5-8-13-25)30(36)33-40-31(37)24(2)21-26-16-18-28(35)19-17-26/h5-10,12-19,24,29,35H,3-4,11,20-23H2,1-2H3,(H,33,36). The van der Waals surface area contributed by atoms with Crippen molar-refractivity contribution in [1.82, 2.24) is 10.4 Å². The Morgan fingerprint density at radius 1 is 0.825 bits per heavy atom. The van der Waals surface area contributed by atoms with Crippen molar-refractivity contribution in [3.8, 4) is 5.75 Å². The van der Waals surface area contributed by atoms with Crippen molar-refractivity contribution >= 4 is 18.0 Å². The molecule has 212 valence electrons. The van der Waals surface area contributed by atoms with Gasteiger partial charge in [-0.2, -0.15) is 5.48 Å². The Morgan fingerprint density at radius 2 is 1.43 bits per heavy atom. The quantitative estimate of drug-likeness (QED) is 0.214. The molecule has 0 aromatic heterocycles. The summed E-state index contributed by atoms with van der Waals surface area (Å²) in [6, 6.07) is 24.3. The van der Waals surface area contributed by atoms with Gasteiger partial charge in [-0.1, -0.05) is 99.5 Å². The van der Waals surface area contributed by atoms with E-state index in [9.17, 15) is 19.5 Å². The van der Waals surface area contributed by atoms with E-state index >= 15 is 0 Å². The van der Waals surface area contributed by atoms with Gasteiger partial charge in [-0.15, -0.1) is 0 Å². The summed E-state index contributed by atoms with van der Waals surface area (Å²) in [4.78, 5) is 46.1. The summed E-state index contributed by atoms with van der Waals surface area (Å²) >= 11 is 0. The van der Waals surface area contributed by atoms with E-state index in [1.165, 1.54) is 4.90 Å². The number of benzene rings is 3. The van der Waals surface area contributed by atoms with E-state index < -0.39 is 29.9 Å². The summed E-state index contributed by atoms with van der Waals surface area (Å²) in [6.45, 7) is 4.15. The Labute approximate surface area is 235 Å². The van der Waals surface area contributed by atoms with Crippen LogP contribution in [-0.2, 0) is 38.6 Å². The number of carbonyl (C=O) groups is 3. The number of ether oxygens (including phenoxy) is 1. The lowest BCUT2D eigenvalue weighted by Gasteiger charge is -2.30. The Hall–Kier alpha value is -4.33. The maximum atomic E-state index is 13.5. The molecule has 3 aromatic rings. The van der Waals surface area contributed by atoms with Gasteiger partial charge in [-0.25, -0.2) is 9.59 Å². The molecule has 2 unspecified atom stereocenters. The Balaban J connectivity index is 1.72. The van der Waals surface area contributed by atoms with E-state index in [-0.39, 0.29) is 18.8 Å². The Morgan fingerprint density at radius 3 is 2.05 bits per heavy atom. The maximum Gasteiger partial charge on any atom is 0.410 e. The zero-order chi connectivity index (χ0) is 28.7. The van der Waals surface area contributed by atoms with Crippen LogP contribution in [0.15, 0.2) is 84.9 Å². The Kier molecular flexibility index (Phi) is 12.0. The summed E-state index contributed by atoms with van der Waals surface area (Å²) in [5.74, 6) is -1.62. The first-order valence-electron chi connectivity index (χ1n) is 13.7. The van der Waals surface area contributed by atoms with Gasteiger partial charge in [0.25, 0.3) is 5.91 Å². The molecule has 40 heavy (non-hydrogen) atoms. The average molecular weight is 547 g/mol. The zero-order valence-corrected chi connectivity index (χ0v) is 23.1. The van der Waals surface area contributed by atoms with Gasteiger partial charge in [0.1, 0.15) is 18.4 Å². The number of phenols is 1. The maximum absolute atomic E-state index is 13.5. The molecule has 0 saturated carbocycles. The van der Waals surface area contributed by atoms with Gasteiger partial charge in [-0.05, 0) is 41.7 Å². The third kappa shape index (κ3) is 9.76. The van der Waals surface area contributed by atoms with E-state index in [1.807, 2.05) is 60.7 Å². The number of phenolic OH excluding ortho intramolecular Hbond substituents is 1. The molecule has 0 saturated heterocycles. The van der Waals surface area contributed by atoms with Gasteiger partial charge in [0, 0.05) is 13.0 Å². The van der Waals surface area contributed by atoms with E-state index in [1.54, 1.807) is 31.2 Å². The van der Waals surface area contributed by atoms with Gasteiger partial charge in [0.2, 0.25) is 0 Å². The van der Waals surface area contributed by atoms with Crippen LogP contribution in [0.5, 0.6) is 5.75 Å². The zero-order valence-electron chi connectivity index (χ0n) is 23.1. The molecule has 0 aliphatic carbocycles. The first-order valence-corrected chi connectivity index (χ1v) is 13.7. The van der Waals surface area contributed by atoms with Crippen LogP contribution in [0.1, 0.15) is 49.8 Å². The fourth-order valence-corrected chi connectivity index (χ4v) is 4.23. The van der Waals surface area contributed by atoms with Crippen molar-refractivity contribution in [3.63, 3.8) is 0 Å². The van der Waals surface area contributed by atoms with E-state index in [0.29, 0.717) is 19.4 Å². The fraction of sp³-hybridized carbons (Fsp3) is 0.344. The molecule has 8 nitrogen and oxygen atoms in total. The molecule has 2 amide bonds. The number of rotatable bonds is 13. The minimum absolute atomic E-state index is 0.0768. The molecule has 2 atom stereocenters. The second-order valence-corrected chi connectivity index (χ2v) is 9.81. The number of aromatic hydroxyl groups is 1. The van der Waals surface area contributed by atoms with Gasteiger partial charge in [0.15, 0.2) is 0 Å². The summed E-state index contributed by atoms with van der Waals surface area (Å²) in [5, 5.41) is 9.47. The highest BCUT2D eigenvalue weighted by molar-refractivity contribution is 5.86. The number of nitrogens with zero attached hydrogens (tertiary/aromatic N) is 1. The fourth-order valence-electron chi connectivity index (χ4n) is 4.23. The number of hydrogen-bond donors (Lipinski definition) is 2. The van der Waals surface area contributed by atoms with Gasteiger partial charge in [-0.3, -0.25) is 9.69 Å². The van der Waals surface area contributed by atoms with Crippen molar-refractivity contribution in [2.45, 2.75) is 58.6 Å². The van der Waals surface area contributed by atoms with Crippen LogP contribution in [0, 0.1) is 5.92 Å². The van der Waals surface area contributed by atoms with Crippen molar-refractivity contribution < 1.29 is 29.1 Å². The summed E-state index contributed by atoms with van der Waals surface area (Å²) < 4.78 is 5.61. The lowest BCUT2D eigenvalue weighted by atomic mass is 10.0. The third-order valence-corrected chi connectivity index (χ3v) is 6.53. The largest absolute Gasteiger partial charge is 0.508 e. The first-order chi connectivity index (χ1) is 19.4. The molecule has 0 fully saturated rings. The molecule has 2 N–H and O–H groups in total. The van der Waals surface area contributed by atoms with Crippen molar-refractivity contribution in [2.24, 2.45) is 5.92 Å². The number of hydroxylamine groups is 1. The molecular weight excluding hydrogens is 508 g/mol. The SMILES string of the molecule is CCCCCN(C(=O)OCc1ccccc1)C(Cc1ccccc1)C(=O)NOC(=O)C(C)Cc1ccc(O)cc1. The molecule has 0 bridgehead atoms. The summed E-state index contributed by atoms with van der Waals surface area (Å²) in [5.41, 5.74) is 4.84. The van der Waals surface area contributed by atoms with Crippen molar-refractivity contribution in [2.75, 3.05) is 6.54 Å². The molecule has 3 aromatic carbocycles. The lowest BCUT2D eigenvalue weighted by Crippen LogP contribution is -2.51. The average Bonchev–Trinajstić information content (AvgIpc) is 2.98. The highest BCUT2D eigenvalue weighted by atomic mass is 16.7. The highest BCUT2D eigenvalue weighted by Gasteiger charge is 2.32. The van der Waals surface area contributed by atoms with Crippen molar-refractivity contribution in [1.29, 1.82) is 0 Å². The van der Waals surface area contributed by atoms with Crippen LogP contribution >= 0.6 is 0 Å².